The van der Waals surface area contributed by atoms with Crippen molar-refractivity contribution < 1.29 is 14.0 Å². The molecule has 0 saturated carbocycles. The van der Waals surface area contributed by atoms with Crippen LogP contribution < -0.4 is 10.2 Å². The van der Waals surface area contributed by atoms with Crippen molar-refractivity contribution in [3.8, 4) is 0 Å². The van der Waals surface area contributed by atoms with Gasteiger partial charge in [-0.15, -0.1) is 0 Å². The molecule has 1 N–H and O–H groups in total. The Bertz CT molecular complexity index is 683. The highest BCUT2D eigenvalue weighted by molar-refractivity contribution is 6.31. The van der Waals surface area contributed by atoms with Crippen LogP contribution in [0.3, 0.4) is 0 Å². The molecule has 0 bridgehead atoms. The zero-order valence-corrected chi connectivity index (χ0v) is 13.9. The molecule has 1 heterocycles. The van der Waals surface area contributed by atoms with E-state index in [4.69, 9.17) is 16.0 Å². The van der Waals surface area contributed by atoms with Gasteiger partial charge < -0.3 is 14.6 Å². The van der Waals surface area contributed by atoms with Gasteiger partial charge in [-0.05, 0) is 36.8 Å². The molecule has 0 aliphatic carbocycles. The Morgan fingerprint density at radius 2 is 2.09 bits per heavy atom. The number of carbonyl (C=O) groups is 2. The van der Waals surface area contributed by atoms with Crippen molar-refractivity contribution >= 4 is 29.1 Å². The number of benzene rings is 1. The highest BCUT2D eigenvalue weighted by atomic mass is 35.5. The molecule has 0 saturated heterocycles. The normalized spacial score (nSPS) is 10.4. The zero-order chi connectivity index (χ0) is 16.8. The lowest BCUT2D eigenvalue weighted by Gasteiger charge is -2.21. The molecule has 1 aromatic carbocycles. The predicted molar refractivity (Wildman–Crippen MR) is 89.4 cm³/mol. The molecule has 0 fully saturated rings. The number of rotatable bonds is 6. The first kappa shape index (κ1) is 17.1. The van der Waals surface area contributed by atoms with E-state index in [9.17, 15) is 9.59 Å². The maximum absolute atomic E-state index is 11.9. The van der Waals surface area contributed by atoms with Crippen LogP contribution in [0.15, 0.2) is 41.0 Å². The summed E-state index contributed by atoms with van der Waals surface area (Å²) >= 11 is 6.10. The standard InChI is InChI=1S/C17H19ClN2O3/c1-12-5-6-14(10-16(12)18)20(13(2)21)8-7-17(22)19-11-15-4-3-9-23-15/h3-6,9-10H,7-8,11H2,1-2H3,(H,19,22). The van der Waals surface area contributed by atoms with E-state index in [1.807, 2.05) is 19.1 Å². The van der Waals surface area contributed by atoms with E-state index in [1.165, 1.54) is 11.8 Å². The molecular weight excluding hydrogens is 316 g/mol. The van der Waals surface area contributed by atoms with E-state index in [0.717, 1.165) is 5.56 Å². The second kappa shape index (κ2) is 7.83. The third-order valence-electron chi connectivity index (χ3n) is 3.45. The van der Waals surface area contributed by atoms with Crippen LogP contribution in [0.2, 0.25) is 5.02 Å². The number of hydrogen-bond acceptors (Lipinski definition) is 3. The minimum Gasteiger partial charge on any atom is -0.467 e. The first-order valence-corrected chi connectivity index (χ1v) is 7.68. The highest BCUT2D eigenvalue weighted by Crippen LogP contribution is 2.23. The molecule has 6 heteroatoms. The van der Waals surface area contributed by atoms with Crippen molar-refractivity contribution in [2.24, 2.45) is 0 Å². The van der Waals surface area contributed by atoms with E-state index in [2.05, 4.69) is 5.32 Å². The molecule has 5 nitrogen and oxygen atoms in total. The summed E-state index contributed by atoms with van der Waals surface area (Å²) < 4.78 is 5.15. The Hall–Kier alpha value is -2.27. The Morgan fingerprint density at radius 3 is 2.70 bits per heavy atom. The molecule has 0 spiro atoms. The number of carbonyl (C=O) groups excluding carboxylic acids is 2. The third kappa shape index (κ3) is 4.86. The molecule has 0 radical (unpaired) electrons. The van der Waals surface area contributed by atoms with Crippen LogP contribution in [0.4, 0.5) is 5.69 Å². The molecule has 23 heavy (non-hydrogen) atoms. The minimum atomic E-state index is -0.147. The van der Waals surface area contributed by atoms with Gasteiger partial charge in [0.15, 0.2) is 0 Å². The maximum Gasteiger partial charge on any atom is 0.223 e. The number of furan rings is 1. The number of halogens is 1. The number of nitrogens with zero attached hydrogens (tertiary/aromatic N) is 1. The summed E-state index contributed by atoms with van der Waals surface area (Å²) in [6, 6.07) is 8.96. The topological polar surface area (TPSA) is 62.6 Å². The van der Waals surface area contributed by atoms with Crippen LogP contribution in [0.1, 0.15) is 24.7 Å². The number of anilines is 1. The molecule has 2 aromatic rings. The Kier molecular flexibility index (Phi) is 5.82. The van der Waals surface area contributed by atoms with Gasteiger partial charge >= 0.3 is 0 Å². The van der Waals surface area contributed by atoms with E-state index >= 15 is 0 Å². The van der Waals surface area contributed by atoms with Gasteiger partial charge in [-0.1, -0.05) is 17.7 Å². The van der Waals surface area contributed by atoms with Crippen LogP contribution in [0, 0.1) is 6.92 Å². The molecule has 122 valence electrons. The lowest BCUT2D eigenvalue weighted by atomic mass is 10.2. The van der Waals surface area contributed by atoms with Crippen molar-refractivity contribution in [3.05, 3.63) is 52.9 Å². The average molecular weight is 335 g/mol. The average Bonchev–Trinajstić information content (AvgIpc) is 3.02. The lowest BCUT2D eigenvalue weighted by Crippen LogP contribution is -2.33. The van der Waals surface area contributed by atoms with Gasteiger partial charge in [0.2, 0.25) is 11.8 Å². The fourth-order valence-corrected chi connectivity index (χ4v) is 2.29. The van der Waals surface area contributed by atoms with Gasteiger partial charge in [0.1, 0.15) is 5.76 Å². The van der Waals surface area contributed by atoms with Gasteiger partial charge in [0.05, 0.1) is 12.8 Å². The van der Waals surface area contributed by atoms with Crippen molar-refractivity contribution in [1.82, 2.24) is 5.32 Å². The van der Waals surface area contributed by atoms with E-state index in [1.54, 1.807) is 24.5 Å². The molecule has 0 unspecified atom stereocenters. The number of hydrogen-bond donors (Lipinski definition) is 1. The van der Waals surface area contributed by atoms with Gasteiger partial charge in [0.25, 0.3) is 0 Å². The fourth-order valence-electron chi connectivity index (χ4n) is 2.12. The fraction of sp³-hybridized carbons (Fsp3) is 0.294. The second-order valence-electron chi connectivity index (χ2n) is 5.21. The first-order chi connectivity index (χ1) is 11.0. The lowest BCUT2D eigenvalue weighted by molar-refractivity contribution is -0.121. The van der Waals surface area contributed by atoms with E-state index in [-0.39, 0.29) is 18.2 Å². The summed E-state index contributed by atoms with van der Waals surface area (Å²) in [5, 5.41) is 3.35. The van der Waals surface area contributed by atoms with E-state index in [0.29, 0.717) is 29.6 Å². The zero-order valence-electron chi connectivity index (χ0n) is 13.1. The quantitative estimate of drug-likeness (QED) is 0.881. The van der Waals surface area contributed by atoms with Crippen molar-refractivity contribution in [2.75, 3.05) is 11.4 Å². The summed E-state index contributed by atoms with van der Waals surface area (Å²) in [6.07, 6.45) is 1.76. The Labute approximate surface area is 140 Å². The first-order valence-electron chi connectivity index (χ1n) is 7.30. The maximum atomic E-state index is 11.9. The van der Waals surface area contributed by atoms with Crippen molar-refractivity contribution in [2.45, 2.75) is 26.8 Å². The summed E-state index contributed by atoms with van der Waals surface area (Å²) in [6.45, 7) is 3.99. The largest absolute Gasteiger partial charge is 0.467 e. The van der Waals surface area contributed by atoms with Crippen LogP contribution in [-0.4, -0.2) is 18.4 Å². The highest BCUT2D eigenvalue weighted by Gasteiger charge is 2.14. The summed E-state index contributed by atoms with van der Waals surface area (Å²) in [5.74, 6) is 0.404. The molecule has 0 atom stereocenters. The van der Waals surface area contributed by atoms with Gasteiger partial charge in [-0.3, -0.25) is 9.59 Å². The predicted octanol–water partition coefficient (Wildman–Crippen LogP) is 3.30. The van der Waals surface area contributed by atoms with Crippen LogP contribution in [0.25, 0.3) is 0 Å². The third-order valence-corrected chi connectivity index (χ3v) is 3.86. The molecule has 1 aromatic heterocycles. The SMILES string of the molecule is CC(=O)N(CCC(=O)NCc1ccco1)c1ccc(C)c(Cl)c1. The number of amides is 2. The number of aryl methyl sites for hydroxylation is 1. The van der Waals surface area contributed by atoms with Crippen LogP contribution in [-0.2, 0) is 16.1 Å². The van der Waals surface area contributed by atoms with Crippen LogP contribution >= 0.6 is 11.6 Å². The summed E-state index contributed by atoms with van der Waals surface area (Å²) in [5.41, 5.74) is 1.63. The van der Waals surface area contributed by atoms with Crippen molar-refractivity contribution in [1.29, 1.82) is 0 Å². The van der Waals surface area contributed by atoms with Gasteiger partial charge in [-0.2, -0.15) is 0 Å². The molecule has 2 amide bonds. The van der Waals surface area contributed by atoms with E-state index < -0.39 is 0 Å². The molecule has 0 aliphatic heterocycles. The van der Waals surface area contributed by atoms with Crippen LogP contribution in [0.5, 0.6) is 0 Å². The number of nitrogens with one attached hydrogen (secondary N) is 1. The molecular formula is C17H19ClN2O3. The Morgan fingerprint density at radius 1 is 1.30 bits per heavy atom. The summed E-state index contributed by atoms with van der Waals surface area (Å²) in [7, 11) is 0. The minimum absolute atomic E-state index is 0.135. The van der Waals surface area contributed by atoms with Gasteiger partial charge in [0, 0.05) is 30.6 Å². The smallest absolute Gasteiger partial charge is 0.223 e. The second-order valence-corrected chi connectivity index (χ2v) is 5.62. The monoisotopic (exact) mass is 334 g/mol. The summed E-state index contributed by atoms with van der Waals surface area (Å²) in [4.78, 5) is 25.3. The molecule has 2 rings (SSSR count). The molecule has 0 aliphatic rings. The Balaban J connectivity index is 1.92. The van der Waals surface area contributed by atoms with Gasteiger partial charge in [-0.25, -0.2) is 0 Å². The van der Waals surface area contributed by atoms with Crippen molar-refractivity contribution in [3.63, 3.8) is 0 Å².